The van der Waals surface area contributed by atoms with Crippen LogP contribution >= 0.6 is 0 Å². The van der Waals surface area contributed by atoms with Gasteiger partial charge in [0.2, 0.25) is 0 Å². The second kappa shape index (κ2) is 7.23. The lowest BCUT2D eigenvalue weighted by Gasteiger charge is -2.37. The first-order chi connectivity index (χ1) is 10.0. The fourth-order valence-electron chi connectivity index (χ4n) is 3.08. The van der Waals surface area contributed by atoms with Crippen LogP contribution in [0.4, 0.5) is 10.1 Å². The molecule has 1 aliphatic rings. The van der Waals surface area contributed by atoms with Gasteiger partial charge in [0.05, 0.1) is 12.1 Å². The topological polar surface area (TPSA) is 35.5 Å². The second-order valence-corrected chi connectivity index (χ2v) is 6.30. The molecule has 0 aromatic heterocycles. The lowest BCUT2D eigenvalue weighted by atomic mass is 9.91. The van der Waals surface area contributed by atoms with Crippen molar-refractivity contribution in [1.82, 2.24) is 5.32 Å². The zero-order chi connectivity index (χ0) is 15.4. The summed E-state index contributed by atoms with van der Waals surface area (Å²) in [5, 5.41) is 13.5. The second-order valence-electron chi connectivity index (χ2n) is 6.30. The molecular formula is C17H27FN2O. The Bertz CT molecular complexity index is 464. The monoisotopic (exact) mass is 294 g/mol. The summed E-state index contributed by atoms with van der Waals surface area (Å²) >= 11 is 0. The fourth-order valence-corrected chi connectivity index (χ4v) is 3.08. The molecule has 3 nitrogen and oxygen atoms in total. The van der Waals surface area contributed by atoms with Gasteiger partial charge in [-0.2, -0.15) is 0 Å². The number of hydrogen-bond donors (Lipinski definition) is 2. The molecule has 0 spiro atoms. The van der Waals surface area contributed by atoms with Crippen molar-refractivity contribution in [3.05, 3.63) is 29.6 Å². The van der Waals surface area contributed by atoms with Crippen LogP contribution in [0.3, 0.4) is 0 Å². The van der Waals surface area contributed by atoms with Crippen LogP contribution in [-0.4, -0.2) is 30.3 Å². The maximum absolute atomic E-state index is 14.2. The van der Waals surface area contributed by atoms with E-state index in [4.69, 9.17) is 0 Å². The van der Waals surface area contributed by atoms with Crippen molar-refractivity contribution in [3.8, 4) is 0 Å². The fraction of sp³-hybridized carbons (Fsp3) is 0.647. The van der Waals surface area contributed by atoms with E-state index in [0.717, 1.165) is 31.4 Å². The lowest BCUT2D eigenvalue weighted by Crippen LogP contribution is -2.44. The maximum atomic E-state index is 14.2. The average molecular weight is 294 g/mol. The first-order valence-electron chi connectivity index (χ1n) is 7.92. The van der Waals surface area contributed by atoms with E-state index in [1.165, 1.54) is 6.07 Å². The molecular weight excluding hydrogens is 267 g/mol. The van der Waals surface area contributed by atoms with E-state index >= 15 is 0 Å². The number of aliphatic hydroxyl groups excluding tert-OH is 1. The number of hydrogen-bond acceptors (Lipinski definition) is 3. The number of rotatable bonds is 5. The van der Waals surface area contributed by atoms with Crippen LogP contribution in [0.25, 0.3) is 0 Å². The van der Waals surface area contributed by atoms with Crippen molar-refractivity contribution >= 4 is 5.69 Å². The number of nitrogens with zero attached hydrogens (tertiary/aromatic N) is 1. The molecule has 4 heteroatoms. The Kier molecular flexibility index (Phi) is 5.59. The quantitative estimate of drug-likeness (QED) is 0.876. The van der Waals surface area contributed by atoms with Gasteiger partial charge in [-0.15, -0.1) is 0 Å². The molecule has 0 heterocycles. The lowest BCUT2D eigenvalue weighted by molar-refractivity contribution is 0.106. The number of aliphatic hydroxyl groups is 1. The molecule has 0 radical (unpaired) electrons. The zero-order valence-corrected chi connectivity index (χ0v) is 13.3. The summed E-state index contributed by atoms with van der Waals surface area (Å²) in [6, 6.07) is 5.59. The highest BCUT2D eigenvalue weighted by Gasteiger charge is 2.28. The van der Waals surface area contributed by atoms with Gasteiger partial charge >= 0.3 is 0 Å². The molecule has 2 rings (SSSR count). The van der Waals surface area contributed by atoms with Crippen LogP contribution in [0.5, 0.6) is 0 Å². The minimum atomic E-state index is -0.321. The van der Waals surface area contributed by atoms with Crippen molar-refractivity contribution in [3.63, 3.8) is 0 Å². The minimum Gasteiger partial charge on any atom is -0.391 e. The smallest absolute Gasteiger partial charge is 0.129 e. The highest BCUT2D eigenvalue weighted by atomic mass is 19.1. The van der Waals surface area contributed by atoms with E-state index < -0.39 is 0 Å². The molecule has 21 heavy (non-hydrogen) atoms. The number of anilines is 1. The normalized spacial score (nSPS) is 22.6. The first-order valence-corrected chi connectivity index (χ1v) is 7.92. The van der Waals surface area contributed by atoms with Gasteiger partial charge in [-0.1, -0.05) is 32.8 Å². The summed E-state index contributed by atoms with van der Waals surface area (Å²) in [5.41, 5.74) is 1.57. The van der Waals surface area contributed by atoms with Gasteiger partial charge in [0.15, 0.2) is 0 Å². The summed E-state index contributed by atoms with van der Waals surface area (Å²) in [7, 11) is 1.97. The van der Waals surface area contributed by atoms with Crippen molar-refractivity contribution in [2.45, 2.75) is 64.3 Å². The largest absolute Gasteiger partial charge is 0.391 e. The zero-order valence-electron chi connectivity index (χ0n) is 13.3. The molecule has 1 aromatic carbocycles. The van der Waals surface area contributed by atoms with Crippen molar-refractivity contribution in [1.29, 1.82) is 0 Å². The molecule has 118 valence electrons. The van der Waals surface area contributed by atoms with Crippen molar-refractivity contribution in [2.75, 3.05) is 11.9 Å². The van der Waals surface area contributed by atoms with Crippen LogP contribution in [0.15, 0.2) is 18.2 Å². The highest BCUT2D eigenvalue weighted by Crippen LogP contribution is 2.30. The van der Waals surface area contributed by atoms with Gasteiger partial charge < -0.3 is 15.3 Å². The molecule has 0 amide bonds. The Hall–Kier alpha value is -1.13. The average Bonchev–Trinajstić information content (AvgIpc) is 2.45. The van der Waals surface area contributed by atoms with Gasteiger partial charge in [0.1, 0.15) is 5.82 Å². The summed E-state index contributed by atoms with van der Waals surface area (Å²) in [6.45, 7) is 4.61. The highest BCUT2D eigenvalue weighted by molar-refractivity contribution is 5.54. The maximum Gasteiger partial charge on any atom is 0.129 e. The number of likely N-dealkylation sites (N-methyl/N-ethyl adjacent to an activating group) is 1. The van der Waals surface area contributed by atoms with E-state index in [9.17, 15) is 9.50 Å². The third-order valence-corrected chi connectivity index (χ3v) is 4.35. The van der Waals surface area contributed by atoms with E-state index in [2.05, 4.69) is 24.1 Å². The molecule has 0 bridgehead atoms. The summed E-state index contributed by atoms with van der Waals surface area (Å²) in [6.07, 6.45) is 3.69. The molecule has 0 aliphatic heterocycles. The Morgan fingerprint density at radius 2 is 2.05 bits per heavy atom. The number of halogens is 1. The van der Waals surface area contributed by atoms with Gasteiger partial charge in [0.25, 0.3) is 0 Å². The van der Waals surface area contributed by atoms with Crippen LogP contribution in [0, 0.1) is 5.82 Å². The molecule has 2 N–H and O–H groups in total. The van der Waals surface area contributed by atoms with Crippen LogP contribution in [0.1, 0.15) is 45.1 Å². The van der Waals surface area contributed by atoms with Crippen molar-refractivity contribution < 1.29 is 9.50 Å². The van der Waals surface area contributed by atoms with E-state index in [1.807, 2.05) is 13.1 Å². The molecule has 1 fully saturated rings. The van der Waals surface area contributed by atoms with E-state index in [-0.39, 0.29) is 18.0 Å². The third kappa shape index (κ3) is 3.95. The van der Waals surface area contributed by atoms with Crippen LogP contribution < -0.4 is 10.2 Å². The predicted molar refractivity (Wildman–Crippen MR) is 85.0 cm³/mol. The minimum absolute atomic E-state index is 0.0818. The van der Waals surface area contributed by atoms with Gasteiger partial charge in [-0.25, -0.2) is 4.39 Å². The standard InChI is InChI=1S/C17H27FN2O/c1-12(2)19-11-13-14(18)7-6-9-15(13)20(3)16-8-4-5-10-17(16)21/h6-7,9,12,16-17,19,21H,4-5,8,10-11H2,1-3H3. The molecule has 1 aliphatic carbocycles. The Labute approximate surface area is 127 Å². The van der Waals surface area contributed by atoms with Gasteiger partial charge in [0, 0.05) is 30.9 Å². The first kappa shape index (κ1) is 16.2. The molecule has 2 atom stereocenters. The van der Waals surface area contributed by atoms with Crippen LogP contribution in [-0.2, 0) is 6.54 Å². The SMILES string of the molecule is CC(C)NCc1c(F)cccc1N(C)C1CCCCC1O. The predicted octanol–water partition coefficient (Wildman–Crippen LogP) is 3.06. The Morgan fingerprint density at radius 1 is 1.33 bits per heavy atom. The molecule has 1 saturated carbocycles. The van der Waals surface area contributed by atoms with Gasteiger partial charge in [-0.3, -0.25) is 0 Å². The summed E-state index contributed by atoms with van der Waals surface area (Å²) < 4.78 is 14.2. The van der Waals surface area contributed by atoms with E-state index in [0.29, 0.717) is 18.2 Å². The number of nitrogens with one attached hydrogen (secondary N) is 1. The molecule has 0 saturated heterocycles. The van der Waals surface area contributed by atoms with Crippen LogP contribution in [0.2, 0.25) is 0 Å². The Morgan fingerprint density at radius 3 is 2.71 bits per heavy atom. The summed E-state index contributed by atoms with van der Waals surface area (Å²) in [4.78, 5) is 2.06. The van der Waals surface area contributed by atoms with Gasteiger partial charge in [-0.05, 0) is 25.0 Å². The third-order valence-electron chi connectivity index (χ3n) is 4.35. The molecule has 1 aromatic rings. The summed E-state index contributed by atoms with van der Waals surface area (Å²) in [5.74, 6) is -0.183. The Balaban J connectivity index is 2.22. The number of benzene rings is 1. The molecule has 2 unspecified atom stereocenters. The van der Waals surface area contributed by atoms with Crippen molar-refractivity contribution in [2.24, 2.45) is 0 Å². The van der Waals surface area contributed by atoms with E-state index in [1.54, 1.807) is 6.07 Å².